The van der Waals surface area contributed by atoms with Crippen molar-refractivity contribution in [1.82, 2.24) is 9.38 Å². The Balaban J connectivity index is 2.65. The van der Waals surface area contributed by atoms with Crippen LogP contribution in [-0.4, -0.2) is 22.5 Å². The average molecular weight is 269 g/mol. The molecule has 5 heteroatoms. The molecule has 2 rings (SSSR count). The third-order valence-corrected chi connectivity index (χ3v) is 2.78. The highest BCUT2D eigenvalue weighted by Gasteiger charge is 2.10. The van der Waals surface area contributed by atoms with E-state index in [1.165, 1.54) is 7.11 Å². The molecule has 4 nitrogen and oxygen atoms in total. The van der Waals surface area contributed by atoms with Gasteiger partial charge in [-0.1, -0.05) is 0 Å². The molecule has 15 heavy (non-hydrogen) atoms. The maximum atomic E-state index is 11.3. The van der Waals surface area contributed by atoms with Crippen LogP contribution in [0, 0.1) is 6.92 Å². The van der Waals surface area contributed by atoms with Crippen molar-refractivity contribution in [2.75, 3.05) is 7.11 Å². The first kappa shape index (κ1) is 10.2. The summed E-state index contributed by atoms with van der Waals surface area (Å²) in [6, 6.07) is 3.45. The largest absolute Gasteiger partial charge is 0.465 e. The van der Waals surface area contributed by atoms with Gasteiger partial charge in [-0.05, 0) is 35.0 Å². The molecular weight excluding hydrogens is 260 g/mol. The molecule has 0 amide bonds. The third-order valence-electron chi connectivity index (χ3n) is 2.20. The smallest absolute Gasteiger partial charge is 0.337 e. The molecule has 0 saturated carbocycles. The number of fused-ring (bicyclic) bond motifs is 1. The minimum absolute atomic E-state index is 0.344. The van der Waals surface area contributed by atoms with Crippen LogP contribution in [0.4, 0.5) is 0 Å². The average Bonchev–Trinajstić information content (AvgIpc) is 2.53. The molecule has 78 valence electrons. The van der Waals surface area contributed by atoms with Gasteiger partial charge in [0.05, 0.1) is 18.2 Å². The van der Waals surface area contributed by atoms with Crippen molar-refractivity contribution in [3.05, 3.63) is 34.3 Å². The Hall–Kier alpha value is -1.36. The van der Waals surface area contributed by atoms with Crippen molar-refractivity contribution in [2.45, 2.75) is 6.92 Å². The molecule has 0 radical (unpaired) electrons. The summed E-state index contributed by atoms with van der Waals surface area (Å²) in [4.78, 5) is 15.6. The number of carbonyl (C=O) groups is 1. The lowest BCUT2D eigenvalue weighted by atomic mass is 10.2. The molecule has 2 heterocycles. The van der Waals surface area contributed by atoms with E-state index in [9.17, 15) is 4.79 Å². The van der Waals surface area contributed by atoms with Crippen LogP contribution in [0.25, 0.3) is 5.52 Å². The minimum atomic E-state index is -0.344. The van der Waals surface area contributed by atoms with Crippen molar-refractivity contribution >= 4 is 27.4 Å². The number of rotatable bonds is 1. The molecule has 0 spiro atoms. The number of pyridine rings is 1. The van der Waals surface area contributed by atoms with E-state index >= 15 is 0 Å². The van der Waals surface area contributed by atoms with Crippen LogP contribution in [-0.2, 0) is 4.74 Å². The topological polar surface area (TPSA) is 43.6 Å². The zero-order valence-corrected chi connectivity index (χ0v) is 9.91. The Bertz CT molecular complexity index is 533. The molecule has 0 N–H and O–H groups in total. The quantitative estimate of drug-likeness (QED) is 0.745. The van der Waals surface area contributed by atoms with E-state index in [4.69, 9.17) is 0 Å². The van der Waals surface area contributed by atoms with Gasteiger partial charge in [0, 0.05) is 6.20 Å². The lowest BCUT2D eigenvalue weighted by Crippen LogP contribution is -2.01. The van der Waals surface area contributed by atoms with Gasteiger partial charge in [0.25, 0.3) is 0 Å². The Morgan fingerprint density at radius 3 is 3.00 bits per heavy atom. The second-order valence-electron chi connectivity index (χ2n) is 3.11. The number of hydrogen-bond acceptors (Lipinski definition) is 3. The first-order valence-corrected chi connectivity index (χ1v) is 5.15. The summed E-state index contributed by atoms with van der Waals surface area (Å²) in [7, 11) is 1.36. The molecule has 0 aliphatic rings. The summed E-state index contributed by atoms with van der Waals surface area (Å²) in [5, 5.41) is 0. The number of aromatic nitrogens is 2. The highest BCUT2D eigenvalue weighted by atomic mass is 79.9. The van der Waals surface area contributed by atoms with Crippen molar-refractivity contribution in [2.24, 2.45) is 0 Å². The number of imidazole rings is 1. The van der Waals surface area contributed by atoms with E-state index in [2.05, 4.69) is 25.7 Å². The van der Waals surface area contributed by atoms with Gasteiger partial charge in [-0.3, -0.25) is 0 Å². The van der Waals surface area contributed by atoms with Crippen LogP contribution < -0.4 is 0 Å². The first-order chi connectivity index (χ1) is 7.13. The fraction of sp³-hybridized carbons (Fsp3) is 0.200. The zero-order valence-electron chi connectivity index (χ0n) is 8.32. The molecule has 2 aromatic rings. The molecule has 0 unspecified atom stereocenters. The monoisotopic (exact) mass is 268 g/mol. The summed E-state index contributed by atoms with van der Waals surface area (Å²) in [6.07, 6.45) is 1.80. The highest BCUT2D eigenvalue weighted by molar-refractivity contribution is 9.10. The number of methoxy groups -OCH3 is 1. The number of esters is 1. The molecule has 2 aromatic heterocycles. The second-order valence-corrected chi connectivity index (χ2v) is 3.86. The number of carbonyl (C=O) groups excluding carboxylic acids is 1. The molecular formula is C10H9BrN2O2. The predicted molar refractivity (Wildman–Crippen MR) is 59.0 cm³/mol. The summed E-state index contributed by atoms with van der Waals surface area (Å²) in [6.45, 7) is 1.90. The Labute approximate surface area is 95.0 Å². The standard InChI is InChI=1S/C10H9BrN2O2/c1-6-12-9(11)8-5-7(10(14)15-2)3-4-13(6)8/h3-5H,1-2H3. The van der Waals surface area contributed by atoms with Crippen LogP contribution in [0.15, 0.2) is 22.9 Å². The summed E-state index contributed by atoms with van der Waals surface area (Å²) < 4.78 is 7.27. The molecule has 0 aliphatic carbocycles. The van der Waals surface area contributed by atoms with Gasteiger partial charge in [0.15, 0.2) is 0 Å². The molecule has 0 aromatic carbocycles. The maximum absolute atomic E-state index is 11.3. The third kappa shape index (κ3) is 1.63. The summed E-state index contributed by atoms with van der Waals surface area (Å²) in [5.74, 6) is 0.525. The van der Waals surface area contributed by atoms with Gasteiger partial charge in [0.1, 0.15) is 10.4 Å². The van der Waals surface area contributed by atoms with Gasteiger partial charge >= 0.3 is 5.97 Å². The van der Waals surface area contributed by atoms with Crippen LogP contribution >= 0.6 is 15.9 Å². The van der Waals surface area contributed by atoms with Gasteiger partial charge in [-0.15, -0.1) is 0 Å². The fourth-order valence-electron chi connectivity index (χ4n) is 1.44. The molecule has 0 fully saturated rings. The van der Waals surface area contributed by atoms with Crippen molar-refractivity contribution in [3.63, 3.8) is 0 Å². The van der Waals surface area contributed by atoms with Crippen LogP contribution in [0.1, 0.15) is 16.2 Å². The van der Waals surface area contributed by atoms with E-state index < -0.39 is 0 Å². The van der Waals surface area contributed by atoms with Gasteiger partial charge in [0.2, 0.25) is 0 Å². The van der Waals surface area contributed by atoms with E-state index in [1.54, 1.807) is 18.3 Å². The number of nitrogens with zero attached hydrogens (tertiary/aromatic N) is 2. The number of halogens is 1. The highest BCUT2D eigenvalue weighted by Crippen LogP contribution is 2.19. The SMILES string of the molecule is COC(=O)c1ccn2c(C)nc(Br)c2c1. The molecule has 0 atom stereocenters. The van der Waals surface area contributed by atoms with E-state index in [0.29, 0.717) is 5.56 Å². The Morgan fingerprint density at radius 1 is 1.60 bits per heavy atom. The van der Waals surface area contributed by atoms with Crippen LogP contribution in [0.5, 0.6) is 0 Å². The van der Waals surface area contributed by atoms with Gasteiger partial charge < -0.3 is 9.14 Å². The normalized spacial score (nSPS) is 10.6. The number of hydrogen-bond donors (Lipinski definition) is 0. The predicted octanol–water partition coefficient (Wildman–Crippen LogP) is 2.19. The van der Waals surface area contributed by atoms with Crippen molar-refractivity contribution < 1.29 is 9.53 Å². The van der Waals surface area contributed by atoms with E-state index in [1.807, 2.05) is 11.3 Å². The van der Waals surface area contributed by atoms with E-state index in [-0.39, 0.29) is 5.97 Å². The zero-order chi connectivity index (χ0) is 11.0. The Morgan fingerprint density at radius 2 is 2.33 bits per heavy atom. The lowest BCUT2D eigenvalue weighted by Gasteiger charge is -2.00. The molecule has 0 bridgehead atoms. The first-order valence-electron chi connectivity index (χ1n) is 4.36. The summed E-state index contributed by atoms with van der Waals surface area (Å²) >= 11 is 3.34. The van der Waals surface area contributed by atoms with E-state index in [0.717, 1.165) is 15.9 Å². The lowest BCUT2D eigenvalue weighted by molar-refractivity contribution is 0.0600. The summed E-state index contributed by atoms with van der Waals surface area (Å²) in [5.41, 5.74) is 1.38. The van der Waals surface area contributed by atoms with Crippen molar-refractivity contribution in [1.29, 1.82) is 0 Å². The van der Waals surface area contributed by atoms with Gasteiger partial charge in [-0.25, -0.2) is 9.78 Å². The van der Waals surface area contributed by atoms with Crippen LogP contribution in [0.3, 0.4) is 0 Å². The Kier molecular flexibility index (Phi) is 2.48. The van der Waals surface area contributed by atoms with Crippen molar-refractivity contribution in [3.8, 4) is 0 Å². The molecule has 0 saturated heterocycles. The van der Waals surface area contributed by atoms with Crippen LogP contribution in [0.2, 0.25) is 0 Å². The van der Waals surface area contributed by atoms with Gasteiger partial charge in [-0.2, -0.15) is 0 Å². The fourth-order valence-corrected chi connectivity index (χ4v) is 2.00. The molecule has 0 aliphatic heterocycles. The minimum Gasteiger partial charge on any atom is -0.465 e. The second kappa shape index (κ2) is 3.66. The maximum Gasteiger partial charge on any atom is 0.337 e. The number of ether oxygens (including phenoxy) is 1. The number of aryl methyl sites for hydroxylation is 1.